The van der Waals surface area contributed by atoms with Crippen LogP contribution in [-0.2, 0) is 6.42 Å². The summed E-state index contributed by atoms with van der Waals surface area (Å²) in [6.07, 6.45) is 8.75. The number of nitrogens with zero attached hydrogens (tertiary/aromatic N) is 2. The molecule has 0 radical (unpaired) electrons. The zero-order valence-electron chi connectivity index (χ0n) is 17.8. The Morgan fingerprint density at radius 1 is 1.09 bits per heavy atom. The number of benzene rings is 2. The summed E-state index contributed by atoms with van der Waals surface area (Å²) in [6.45, 7) is 0. The number of rotatable bonds is 5. The second-order valence-corrected chi connectivity index (χ2v) is 8.46. The van der Waals surface area contributed by atoms with E-state index in [0.29, 0.717) is 17.9 Å². The Bertz CT molecular complexity index is 1360. The van der Waals surface area contributed by atoms with Gasteiger partial charge in [0.05, 0.1) is 12.5 Å². The van der Waals surface area contributed by atoms with Crippen LogP contribution in [0, 0.1) is 11.3 Å². The van der Waals surface area contributed by atoms with Crippen molar-refractivity contribution in [2.75, 3.05) is 0 Å². The second-order valence-electron chi connectivity index (χ2n) is 8.46. The normalized spacial score (nSPS) is 14.0. The molecule has 1 saturated carbocycles. The number of carbonyl (C=O) groups excluding carboxylic acids is 1. The van der Waals surface area contributed by atoms with Crippen LogP contribution in [0.1, 0.15) is 53.1 Å². The number of pyridine rings is 1. The van der Waals surface area contributed by atoms with Crippen molar-refractivity contribution in [1.82, 2.24) is 9.97 Å². The summed E-state index contributed by atoms with van der Waals surface area (Å²) < 4.78 is 0. The van der Waals surface area contributed by atoms with Gasteiger partial charge < -0.3 is 10.7 Å². The van der Waals surface area contributed by atoms with Crippen molar-refractivity contribution in [3.63, 3.8) is 0 Å². The third-order valence-electron chi connectivity index (χ3n) is 6.55. The van der Waals surface area contributed by atoms with Crippen molar-refractivity contribution in [3.8, 4) is 28.3 Å². The van der Waals surface area contributed by atoms with Crippen LogP contribution in [0.25, 0.3) is 33.3 Å². The average molecular weight is 421 g/mol. The van der Waals surface area contributed by atoms with Gasteiger partial charge in [0.25, 0.3) is 0 Å². The van der Waals surface area contributed by atoms with E-state index in [1.165, 1.54) is 12.8 Å². The summed E-state index contributed by atoms with van der Waals surface area (Å²) in [6, 6.07) is 18.3. The minimum Gasteiger partial charge on any atom is -0.366 e. The van der Waals surface area contributed by atoms with E-state index in [0.717, 1.165) is 57.3 Å². The van der Waals surface area contributed by atoms with Crippen molar-refractivity contribution in [1.29, 1.82) is 5.26 Å². The molecule has 32 heavy (non-hydrogen) atoms. The van der Waals surface area contributed by atoms with Gasteiger partial charge in [-0.3, -0.25) is 4.79 Å². The number of aromatic amines is 1. The Balaban J connectivity index is 1.63. The summed E-state index contributed by atoms with van der Waals surface area (Å²) >= 11 is 0. The first-order valence-electron chi connectivity index (χ1n) is 11.0. The summed E-state index contributed by atoms with van der Waals surface area (Å²) in [4.78, 5) is 20.0. The summed E-state index contributed by atoms with van der Waals surface area (Å²) in [5.41, 5.74) is 13.3. The molecular formula is C27H24N4O. The van der Waals surface area contributed by atoms with E-state index in [1.807, 2.05) is 48.8 Å². The molecule has 0 spiro atoms. The number of aromatic nitrogens is 2. The molecule has 5 heteroatoms. The lowest BCUT2D eigenvalue weighted by Crippen LogP contribution is -2.15. The van der Waals surface area contributed by atoms with Gasteiger partial charge >= 0.3 is 0 Å². The van der Waals surface area contributed by atoms with E-state index in [4.69, 9.17) is 5.73 Å². The largest absolute Gasteiger partial charge is 0.366 e. The van der Waals surface area contributed by atoms with Crippen LogP contribution in [0.4, 0.5) is 0 Å². The quantitative estimate of drug-likeness (QED) is 0.432. The van der Waals surface area contributed by atoms with Crippen molar-refractivity contribution >= 4 is 16.9 Å². The average Bonchev–Trinajstić information content (AvgIpc) is 3.49. The SMILES string of the molecule is N#CCc1ccccc1-c1cnc2[nH]cc(-c3ccc(C(N)=O)c(C4CCCC4)c3)c2c1. The number of hydrogen-bond donors (Lipinski definition) is 2. The molecule has 1 aliphatic carbocycles. The zero-order chi connectivity index (χ0) is 22.1. The van der Waals surface area contributed by atoms with Crippen molar-refractivity contribution < 1.29 is 4.79 Å². The van der Waals surface area contributed by atoms with Crippen LogP contribution in [-0.4, -0.2) is 15.9 Å². The standard InChI is InChI=1S/C27H24N4O/c28-12-11-18-7-3-4-8-21(18)20-14-24-25(16-31-27(24)30-15-20)19-9-10-22(26(29)32)23(13-19)17-5-1-2-6-17/h3-4,7-10,13-17H,1-2,5-6,11H2,(H2,29,32)(H,30,31). The van der Waals surface area contributed by atoms with E-state index in [2.05, 4.69) is 28.2 Å². The van der Waals surface area contributed by atoms with E-state index in [9.17, 15) is 10.1 Å². The van der Waals surface area contributed by atoms with Gasteiger partial charge in [-0.25, -0.2) is 4.98 Å². The Morgan fingerprint density at radius 2 is 1.91 bits per heavy atom. The van der Waals surface area contributed by atoms with Gasteiger partial charge in [0.15, 0.2) is 0 Å². The minimum atomic E-state index is -0.365. The number of hydrogen-bond acceptors (Lipinski definition) is 3. The number of carbonyl (C=O) groups is 1. The maximum absolute atomic E-state index is 12.1. The van der Waals surface area contributed by atoms with E-state index >= 15 is 0 Å². The molecule has 1 aliphatic rings. The van der Waals surface area contributed by atoms with Crippen LogP contribution < -0.4 is 5.73 Å². The van der Waals surface area contributed by atoms with E-state index in [-0.39, 0.29) is 5.91 Å². The molecule has 0 unspecified atom stereocenters. The zero-order valence-corrected chi connectivity index (χ0v) is 17.8. The number of nitrogens with two attached hydrogens (primary N) is 1. The molecule has 3 N–H and O–H groups in total. The molecule has 1 fully saturated rings. The van der Waals surface area contributed by atoms with E-state index < -0.39 is 0 Å². The van der Waals surface area contributed by atoms with Gasteiger partial charge in [-0.2, -0.15) is 5.26 Å². The number of primary amides is 1. The maximum atomic E-state index is 12.1. The third-order valence-corrected chi connectivity index (χ3v) is 6.55. The molecule has 5 rings (SSSR count). The molecule has 0 bridgehead atoms. The highest BCUT2D eigenvalue weighted by Crippen LogP contribution is 2.39. The molecule has 158 valence electrons. The molecular weight excluding hydrogens is 396 g/mol. The molecule has 2 heterocycles. The summed E-state index contributed by atoms with van der Waals surface area (Å²) in [5.74, 6) is 0.0182. The fourth-order valence-corrected chi connectivity index (χ4v) is 4.96. The number of nitrogens with one attached hydrogen (secondary N) is 1. The predicted molar refractivity (Wildman–Crippen MR) is 126 cm³/mol. The Hall–Kier alpha value is -3.91. The number of fused-ring (bicyclic) bond motifs is 1. The first-order chi connectivity index (χ1) is 15.7. The summed E-state index contributed by atoms with van der Waals surface area (Å²) in [7, 11) is 0. The lowest BCUT2D eigenvalue weighted by Gasteiger charge is -2.15. The second kappa shape index (κ2) is 8.32. The smallest absolute Gasteiger partial charge is 0.248 e. The fourth-order valence-electron chi connectivity index (χ4n) is 4.96. The highest BCUT2D eigenvalue weighted by molar-refractivity contribution is 5.98. The first-order valence-corrected chi connectivity index (χ1v) is 11.0. The van der Waals surface area contributed by atoms with E-state index in [1.54, 1.807) is 0 Å². The molecule has 0 aliphatic heterocycles. The molecule has 0 saturated heterocycles. The Labute approximate surface area is 186 Å². The molecule has 2 aromatic heterocycles. The van der Waals surface area contributed by atoms with Gasteiger partial charge in [-0.05, 0) is 53.1 Å². The highest BCUT2D eigenvalue weighted by atomic mass is 16.1. The van der Waals surface area contributed by atoms with Gasteiger partial charge in [0, 0.05) is 34.5 Å². The van der Waals surface area contributed by atoms with Crippen LogP contribution in [0.5, 0.6) is 0 Å². The van der Waals surface area contributed by atoms with Crippen molar-refractivity contribution in [3.05, 3.63) is 77.6 Å². The van der Waals surface area contributed by atoms with Gasteiger partial charge in [-0.15, -0.1) is 0 Å². The minimum absolute atomic E-state index is 0.355. The Kier molecular flexibility index (Phi) is 5.20. The Morgan fingerprint density at radius 3 is 2.69 bits per heavy atom. The number of amides is 1. The van der Waals surface area contributed by atoms with Crippen LogP contribution in [0.2, 0.25) is 0 Å². The molecule has 2 aromatic carbocycles. The maximum Gasteiger partial charge on any atom is 0.248 e. The van der Waals surface area contributed by atoms with Crippen LogP contribution >= 0.6 is 0 Å². The number of H-pyrrole nitrogens is 1. The van der Waals surface area contributed by atoms with Gasteiger partial charge in [-0.1, -0.05) is 49.2 Å². The van der Waals surface area contributed by atoms with Crippen LogP contribution in [0.3, 0.4) is 0 Å². The van der Waals surface area contributed by atoms with Crippen molar-refractivity contribution in [2.45, 2.75) is 38.0 Å². The lowest BCUT2D eigenvalue weighted by atomic mass is 9.89. The monoisotopic (exact) mass is 420 g/mol. The molecule has 4 aromatic rings. The number of nitriles is 1. The first kappa shape index (κ1) is 20.0. The van der Waals surface area contributed by atoms with Crippen molar-refractivity contribution in [2.24, 2.45) is 5.73 Å². The third kappa shape index (κ3) is 3.54. The lowest BCUT2D eigenvalue weighted by molar-refractivity contribution is 0.0999. The fraction of sp³-hybridized carbons (Fsp3) is 0.222. The molecule has 1 amide bonds. The predicted octanol–water partition coefficient (Wildman–Crippen LogP) is 5.72. The summed E-state index contributed by atoms with van der Waals surface area (Å²) in [5, 5.41) is 10.2. The topological polar surface area (TPSA) is 95.6 Å². The van der Waals surface area contributed by atoms with Gasteiger partial charge in [0.1, 0.15) is 5.65 Å². The molecule has 5 nitrogen and oxygen atoms in total. The molecule has 0 atom stereocenters. The van der Waals surface area contributed by atoms with Crippen LogP contribution in [0.15, 0.2) is 60.9 Å². The highest BCUT2D eigenvalue weighted by Gasteiger charge is 2.23. The van der Waals surface area contributed by atoms with Gasteiger partial charge in [0.2, 0.25) is 5.91 Å².